The Hall–Kier alpha value is -3.25. The van der Waals surface area contributed by atoms with Crippen molar-refractivity contribution in [3.63, 3.8) is 0 Å². The summed E-state index contributed by atoms with van der Waals surface area (Å²) in [6.07, 6.45) is 1.44. The maximum Gasteiger partial charge on any atom is 0.263 e. The first kappa shape index (κ1) is 17.2. The Balaban J connectivity index is 1.66. The molecule has 0 bridgehead atoms. The first-order valence-corrected chi connectivity index (χ1v) is 9.38. The predicted molar refractivity (Wildman–Crippen MR) is 109 cm³/mol. The Bertz CT molecular complexity index is 1180. The summed E-state index contributed by atoms with van der Waals surface area (Å²) in [6, 6.07) is 17.3. The summed E-state index contributed by atoms with van der Waals surface area (Å²) in [5, 5.41) is 5.31. The van der Waals surface area contributed by atoms with Crippen molar-refractivity contribution >= 4 is 33.1 Å². The molecular weight excluding hydrogens is 358 g/mol. The van der Waals surface area contributed by atoms with Crippen molar-refractivity contribution in [3.05, 3.63) is 82.2 Å². The number of benzene rings is 2. The van der Waals surface area contributed by atoms with Gasteiger partial charge in [-0.2, -0.15) is 0 Å². The first-order chi connectivity index (χ1) is 13.1. The number of aryl methyl sites for hydroxylation is 1. The fraction of sp³-hybridized carbons (Fsp3) is 0.0952. The summed E-state index contributed by atoms with van der Waals surface area (Å²) in [6.45, 7) is 1.87. The number of nitrogens with one attached hydrogen (secondary N) is 1. The van der Waals surface area contributed by atoms with Crippen molar-refractivity contribution in [2.45, 2.75) is 13.5 Å². The van der Waals surface area contributed by atoms with E-state index in [0.29, 0.717) is 15.9 Å². The quantitative estimate of drug-likeness (QED) is 0.585. The lowest BCUT2D eigenvalue weighted by Crippen LogP contribution is -2.27. The van der Waals surface area contributed by atoms with Crippen LogP contribution in [-0.2, 0) is 11.3 Å². The Labute approximate surface area is 159 Å². The van der Waals surface area contributed by atoms with E-state index in [1.165, 1.54) is 22.2 Å². The van der Waals surface area contributed by atoms with E-state index in [1.54, 1.807) is 0 Å². The average molecular weight is 375 g/mol. The lowest BCUT2D eigenvalue weighted by atomic mass is 10.1. The van der Waals surface area contributed by atoms with E-state index >= 15 is 0 Å². The van der Waals surface area contributed by atoms with Gasteiger partial charge in [0.05, 0.1) is 11.7 Å². The monoisotopic (exact) mass is 375 g/mol. The number of anilines is 1. The van der Waals surface area contributed by atoms with Crippen molar-refractivity contribution in [2.24, 2.45) is 0 Å². The van der Waals surface area contributed by atoms with Crippen LogP contribution in [0.1, 0.15) is 5.56 Å². The lowest BCUT2D eigenvalue weighted by molar-refractivity contribution is -0.116. The van der Waals surface area contributed by atoms with Crippen molar-refractivity contribution in [1.82, 2.24) is 9.55 Å². The molecule has 1 N–H and O–H groups in total. The molecule has 2 heterocycles. The minimum absolute atomic E-state index is 0.0835. The highest BCUT2D eigenvalue weighted by Crippen LogP contribution is 2.30. The molecule has 0 saturated heterocycles. The van der Waals surface area contributed by atoms with E-state index in [-0.39, 0.29) is 18.0 Å². The zero-order chi connectivity index (χ0) is 18.8. The van der Waals surface area contributed by atoms with Crippen LogP contribution in [0.4, 0.5) is 5.69 Å². The van der Waals surface area contributed by atoms with E-state index in [2.05, 4.69) is 10.3 Å². The molecule has 0 aliphatic heterocycles. The van der Waals surface area contributed by atoms with Crippen molar-refractivity contribution in [3.8, 4) is 11.1 Å². The summed E-state index contributed by atoms with van der Waals surface area (Å²) in [7, 11) is 0. The van der Waals surface area contributed by atoms with Crippen LogP contribution in [0.15, 0.2) is 71.1 Å². The number of amides is 1. The van der Waals surface area contributed by atoms with E-state index in [9.17, 15) is 9.59 Å². The van der Waals surface area contributed by atoms with E-state index in [4.69, 9.17) is 0 Å². The van der Waals surface area contributed by atoms with Gasteiger partial charge in [-0.1, -0.05) is 42.5 Å². The second-order valence-corrected chi connectivity index (χ2v) is 7.15. The van der Waals surface area contributed by atoms with Gasteiger partial charge in [0.2, 0.25) is 5.91 Å². The number of carbonyl (C=O) groups is 1. The summed E-state index contributed by atoms with van der Waals surface area (Å²) in [5.41, 5.74) is 3.37. The van der Waals surface area contributed by atoms with Crippen LogP contribution in [0.25, 0.3) is 21.3 Å². The highest BCUT2D eigenvalue weighted by molar-refractivity contribution is 7.17. The summed E-state index contributed by atoms with van der Waals surface area (Å²) in [5.74, 6) is -0.264. The molecule has 0 aliphatic carbocycles. The van der Waals surface area contributed by atoms with Crippen molar-refractivity contribution in [1.29, 1.82) is 0 Å². The van der Waals surface area contributed by atoms with E-state index in [0.717, 1.165) is 16.7 Å². The zero-order valence-electron chi connectivity index (χ0n) is 14.7. The third-order valence-electron chi connectivity index (χ3n) is 4.26. The molecule has 134 valence electrons. The maximum absolute atomic E-state index is 13.0. The van der Waals surface area contributed by atoms with Gasteiger partial charge >= 0.3 is 0 Å². The van der Waals surface area contributed by atoms with Crippen molar-refractivity contribution in [2.75, 3.05) is 5.32 Å². The van der Waals surface area contributed by atoms with Gasteiger partial charge in [-0.05, 0) is 30.2 Å². The van der Waals surface area contributed by atoms with Gasteiger partial charge in [-0.15, -0.1) is 11.3 Å². The van der Waals surface area contributed by atoms with Crippen LogP contribution in [0.2, 0.25) is 0 Å². The summed E-state index contributed by atoms with van der Waals surface area (Å²) in [4.78, 5) is 30.4. The molecule has 2 aromatic carbocycles. The van der Waals surface area contributed by atoms with Gasteiger partial charge in [0.1, 0.15) is 11.4 Å². The minimum Gasteiger partial charge on any atom is -0.325 e. The summed E-state index contributed by atoms with van der Waals surface area (Å²) < 4.78 is 1.35. The minimum atomic E-state index is -0.264. The van der Waals surface area contributed by atoms with Crippen LogP contribution in [-0.4, -0.2) is 15.5 Å². The van der Waals surface area contributed by atoms with Gasteiger partial charge < -0.3 is 5.32 Å². The van der Waals surface area contributed by atoms with Crippen LogP contribution in [0, 0.1) is 6.92 Å². The highest BCUT2D eigenvalue weighted by atomic mass is 32.1. The fourth-order valence-corrected chi connectivity index (χ4v) is 3.89. The molecule has 2 aromatic heterocycles. The summed E-state index contributed by atoms with van der Waals surface area (Å²) >= 11 is 1.43. The first-order valence-electron chi connectivity index (χ1n) is 8.50. The highest BCUT2D eigenvalue weighted by Gasteiger charge is 2.14. The Morgan fingerprint density at radius 1 is 1.15 bits per heavy atom. The normalized spacial score (nSPS) is 10.9. The standard InChI is InChI=1S/C21H17N3O2S/c1-14-6-5-9-16(10-14)23-18(25)11-24-13-22-20-19(21(24)26)17(12-27-20)15-7-3-2-4-8-15/h2-10,12-13H,11H2,1H3,(H,23,25). The van der Waals surface area contributed by atoms with Crippen LogP contribution in [0.5, 0.6) is 0 Å². The Morgan fingerprint density at radius 3 is 2.74 bits per heavy atom. The van der Waals surface area contributed by atoms with Crippen molar-refractivity contribution < 1.29 is 4.79 Å². The molecule has 0 radical (unpaired) electrons. The number of fused-ring (bicyclic) bond motifs is 1. The van der Waals surface area contributed by atoms with Crippen LogP contribution >= 0.6 is 11.3 Å². The van der Waals surface area contributed by atoms with E-state index in [1.807, 2.05) is 66.9 Å². The molecular formula is C21H17N3O2S. The molecule has 5 nitrogen and oxygen atoms in total. The van der Waals surface area contributed by atoms with E-state index < -0.39 is 0 Å². The smallest absolute Gasteiger partial charge is 0.263 e. The number of rotatable bonds is 4. The molecule has 4 rings (SSSR count). The molecule has 0 aliphatic rings. The van der Waals surface area contributed by atoms with Gasteiger partial charge in [-0.3, -0.25) is 14.2 Å². The Kier molecular flexibility index (Phi) is 4.56. The number of aromatic nitrogens is 2. The molecule has 0 spiro atoms. The maximum atomic E-state index is 13.0. The molecule has 6 heteroatoms. The predicted octanol–water partition coefficient (Wildman–Crippen LogP) is 4.07. The zero-order valence-corrected chi connectivity index (χ0v) is 15.5. The number of hydrogen-bond donors (Lipinski definition) is 1. The molecule has 4 aromatic rings. The second-order valence-electron chi connectivity index (χ2n) is 6.29. The lowest BCUT2D eigenvalue weighted by Gasteiger charge is -2.08. The SMILES string of the molecule is Cc1cccc(NC(=O)Cn2cnc3scc(-c4ccccc4)c3c2=O)c1. The van der Waals surface area contributed by atoms with Gasteiger partial charge in [-0.25, -0.2) is 4.98 Å². The second kappa shape index (κ2) is 7.17. The van der Waals surface area contributed by atoms with Gasteiger partial charge in [0.25, 0.3) is 5.56 Å². The molecule has 0 atom stereocenters. The molecule has 1 amide bonds. The average Bonchev–Trinajstić information content (AvgIpc) is 3.10. The molecule has 27 heavy (non-hydrogen) atoms. The number of thiophene rings is 1. The molecule has 0 fully saturated rings. The van der Waals surface area contributed by atoms with Gasteiger partial charge in [0.15, 0.2) is 0 Å². The largest absolute Gasteiger partial charge is 0.325 e. The molecule has 0 unspecified atom stereocenters. The van der Waals surface area contributed by atoms with Crippen LogP contribution < -0.4 is 10.9 Å². The molecule has 0 saturated carbocycles. The topological polar surface area (TPSA) is 64.0 Å². The number of carbonyl (C=O) groups excluding carboxylic acids is 1. The number of hydrogen-bond acceptors (Lipinski definition) is 4. The third kappa shape index (κ3) is 3.52. The third-order valence-corrected chi connectivity index (χ3v) is 5.15. The Morgan fingerprint density at radius 2 is 1.96 bits per heavy atom. The number of nitrogens with zero attached hydrogens (tertiary/aromatic N) is 2. The fourth-order valence-electron chi connectivity index (χ4n) is 2.99. The van der Waals surface area contributed by atoms with Crippen LogP contribution in [0.3, 0.4) is 0 Å². The van der Waals surface area contributed by atoms with Gasteiger partial charge in [0, 0.05) is 16.6 Å².